The number of aryl methyl sites for hydroxylation is 1. The van der Waals surface area contributed by atoms with Crippen LogP contribution in [-0.2, 0) is 12.6 Å². The second kappa shape index (κ2) is 7.89. The van der Waals surface area contributed by atoms with E-state index in [1.165, 1.54) is 12.4 Å². The van der Waals surface area contributed by atoms with Crippen molar-refractivity contribution in [1.29, 1.82) is 0 Å². The van der Waals surface area contributed by atoms with Gasteiger partial charge in [-0.2, -0.15) is 23.4 Å². The van der Waals surface area contributed by atoms with Crippen molar-refractivity contribution in [2.24, 2.45) is 5.92 Å². The summed E-state index contributed by atoms with van der Waals surface area (Å²) in [6.07, 6.45) is 2.92. The summed E-state index contributed by atoms with van der Waals surface area (Å²) in [6, 6.07) is 3.03. The summed E-state index contributed by atoms with van der Waals surface area (Å²) in [6.45, 7) is 1.61. The molecule has 2 bridgehead atoms. The molecule has 1 amide bonds. The molecule has 2 aromatic heterocycles. The van der Waals surface area contributed by atoms with E-state index in [-0.39, 0.29) is 35.2 Å². The summed E-state index contributed by atoms with van der Waals surface area (Å²) >= 11 is 0. The van der Waals surface area contributed by atoms with Crippen LogP contribution in [0.1, 0.15) is 46.6 Å². The Balaban J connectivity index is 1.40. The average molecular weight is 460 g/mol. The van der Waals surface area contributed by atoms with Crippen molar-refractivity contribution in [3.8, 4) is 5.69 Å². The zero-order chi connectivity index (χ0) is 23.3. The molecule has 2 saturated heterocycles. The molecule has 4 heterocycles. The van der Waals surface area contributed by atoms with Gasteiger partial charge in [0.05, 0.1) is 29.8 Å². The topological polar surface area (TPSA) is 76.8 Å². The molecule has 11 heteroatoms. The van der Waals surface area contributed by atoms with E-state index in [2.05, 4.69) is 20.2 Å². The lowest BCUT2D eigenvalue weighted by Gasteiger charge is -2.25. The van der Waals surface area contributed by atoms with Gasteiger partial charge < -0.3 is 4.90 Å². The van der Waals surface area contributed by atoms with E-state index < -0.39 is 17.7 Å². The quantitative estimate of drug-likeness (QED) is 0.554. The molecule has 2 fully saturated rings. The van der Waals surface area contributed by atoms with Gasteiger partial charge in [0.2, 0.25) is 0 Å². The van der Waals surface area contributed by atoms with Crippen LogP contribution < -0.4 is 0 Å². The van der Waals surface area contributed by atoms with Crippen LogP contribution in [0.3, 0.4) is 0 Å². The van der Waals surface area contributed by atoms with E-state index in [0.29, 0.717) is 24.1 Å². The number of aromatic nitrogens is 5. The third-order valence-electron chi connectivity index (χ3n) is 6.53. The van der Waals surface area contributed by atoms with Crippen molar-refractivity contribution >= 4 is 5.91 Å². The fourth-order valence-electron chi connectivity index (χ4n) is 5.03. The maximum absolute atomic E-state index is 15.0. The normalized spacial score (nSPS) is 22.2. The van der Waals surface area contributed by atoms with Gasteiger partial charge in [-0.1, -0.05) is 6.07 Å². The lowest BCUT2D eigenvalue weighted by atomic mass is 9.86. The Hall–Kier alpha value is -3.37. The van der Waals surface area contributed by atoms with Crippen LogP contribution in [0.15, 0.2) is 36.9 Å². The number of nitrogens with zero attached hydrogens (tertiary/aromatic N) is 6. The predicted molar refractivity (Wildman–Crippen MR) is 108 cm³/mol. The first-order valence-electron chi connectivity index (χ1n) is 10.6. The number of halogens is 4. The molecular weight excluding hydrogens is 440 g/mol. The molecule has 0 N–H and O–H groups in total. The largest absolute Gasteiger partial charge is 0.434 e. The highest BCUT2D eigenvalue weighted by Crippen LogP contribution is 2.44. The van der Waals surface area contributed by atoms with Crippen LogP contribution in [0.4, 0.5) is 17.6 Å². The number of hydrogen-bond donors (Lipinski definition) is 0. The van der Waals surface area contributed by atoms with Gasteiger partial charge in [0.15, 0.2) is 11.5 Å². The zero-order valence-corrected chi connectivity index (χ0v) is 17.6. The molecule has 3 unspecified atom stereocenters. The first kappa shape index (κ1) is 21.5. The number of rotatable bonds is 4. The molecule has 0 spiro atoms. The van der Waals surface area contributed by atoms with Crippen LogP contribution in [0.2, 0.25) is 0 Å². The molecule has 1 aromatic carbocycles. The number of alkyl halides is 3. The van der Waals surface area contributed by atoms with E-state index in [0.717, 1.165) is 30.0 Å². The molecule has 3 aromatic rings. The first-order chi connectivity index (χ1) is 15.7. The molecule has 2 aliphatic heterocycles. The van der Waals surface area contributed by atoms with Gasteiger partial charge in [0, 0.05) is 18.3 Å². The molecule has 5 rings (SSSR count). The number of benzene rings is 1. The van der Waals surface area contributed by atoms with Crippen LogP contribution >= 0.6 is 0 Å². The Morgan fingerprint density at radius 1 is 1.12 bits per heavy atom. The number of hydrogen-bond acceptors (Lipinski definition) is 5. The second-order valence-electron chi connectivity index (χ2n) is 8.51. The maximum atomic E-state index is 15.0. The minimum Gasteiger partial charge on any atom is -0.332 e. The van der Waals surface area contributed by atoms with Crippen molar-refractivity contribution in [2.45, 2.75) is 50.9 Å². The third-order valence-corrected chi connectivity index (χ3v) is 6.53. The highest BCUT2D eigenvalue weighted by molar-refractivity contribution is 5.98. The monoisotopic (exact) mass is 460 g/mol. The summed E-state index contributed by atoms with van der Waals surface area (Å²) in [5.41, 5.74) is -0.00228. The minimum absolute atomic E-state index is 0.0152. The van der Waals surface area contributed by atoms with Crippen molar-refractivity contribution in [3.63, 3.8) is 0 Å². The van der Waals surface area contributed by atoms with E-state index in [4.69, 9.17) is 0 Å². The van der Waals surface area contributed by atoms with E-state index in [1.807, 2.05) is 0 Å². The molecule has 2 aliphatic rings. The first-order valence-corrected chi connectivity index (χ1v) is 10.6. The fourth-order valence-corrected chi connectivity index (χ4v) is 5.03. The molecule has 0 aliphatic carbocycles. The SMILES string of the molecule is Cc1ccc(C(=O)N2C3CCC2C(Cc2cnc(C(F)(F)F)cn2)C3)c(-n2nccn2)c1F. The van der Waals surface area contributed by atoms with Crippen LogP contribution in [0.5, 0.6) is 0 Å². The standard InChI is InChI=1S/C22H20F4N6O/c1-12-2-4-16(20(19(12)23)32-29-6-7-30-32)21(33)31-15-3-5-17(31)13(9-15)8-14-10-28-18(11-27-14)22(24,25)26/h2,4,6-7,10-11,13,15,17H,3,5,8-9H2,1H3. The Kier molecular flexibility index (Phi) is 5.13. The molecule has 172 valence electrons. The van der Waals surface area contributed by atoms with Crippen molar-refractivity contribution in [3.05, 3.63) is 65.3 Å². The van der Waals surface area contributed by atoms with Gasteiger partial charge in [-0.05, 0) is 50.2 Å². The van der Waals surface area contributed by atoms with Crippen LogP contribution in [-0.4, -0.2) is 47.9 Å². The zero-order valence-electron chi connectivity index (χ0n) is 17.6. The molecular formula is C22H20F4N6O. The Morgan fingerprint density at radius 2 is 1.88 bits per heavy atom. The number of amides is 1. The molecule has 3 atom stereocenters. The average Bonchev–Trinajstić information content (AvgIpc) is 3.51. The van der Waals surface area contributed by atoms with Crippen LogP contribution in [0, 0.1) is 18.7 Å². The van der Waals surface area contributed by atoms with E-state index in [1.54, 1.807) is 24.0 Å². The highest BCUT2D eigenvalue weighted by Gasteiger charge is 2.49. The van der Waals surface area contributed by atoms with E-state index in [9.17, 15) is 22.4 Å². The summed E-state index contributed by atoms with van der Waals surface area (Å²) in [5, 5.41) is 8.01. The minimum atomic E-state index is -4.54. The third kappa shape index (κ3) is 3.75. The van der Waals surface area contributed by atoms with Gasteiger partial charge in [-0.15, -0.1) is 4.80 Å². The van der Waals surface area contributed by atoms with Gasteiger partial charge in [-0.3, -0.25) is 9.78 Å². The van der Waals surface area contributed by atoms with Gasteiger partial charge >= 0.3 is 6.18 Å². The summed E-state index contributed by atoms with van der Waals surface area (Å²) in [7, 11) is 0. The number of fused-ring (bicyclic) bond motifs is 2. The molecule has 7 nitrogen and oxygen atoms in total. The summed E-state index contributed by atoms with van der Waals surface area (Å²) in [4.78, 5) is 23.9. The maximum Gasteiger partial charge on any atom is 0.434 e. The lowest BCUT2D eigenvalue weighted by Crippen LogP contribution is -2.37. The Morgan fingerprint density at radius 3 is 2.55 bits per heavy atom. The Bertz CT molecular complexity index is 1180. The van der Waals surface area contributed by atoms with E-state index >= 15 is 0 Å². The fraction of sp³-hybridized carbons (Fsp3) is 0.409. The number of carbonyl (C=O) groups excluding carboxylic acids is 1. The van der Waals surface area contributed by atoms with Crippen molar-refractivity contribution < 1.29 is 22.4 Å². The predicted octanol–water partition coefficient (Wildman–Crippen LogP) is 3.76. The Labute approximate surface area is 186 Å². The number of carbonyl (C=O) groups is 1. The lowest BCUT2D eigenvalue weighted by molar-refractivity contribution is -0.141. The highest BCUT2D eigenvalue weighted by atomic mass is 19.4. The van der Waals surface area contributed by atoms with Crippen molar-refractivity contribution in [2.75, 3.05) is 0 Å². The molecule has 33 heavy (non-hydrogen) atoms. The second-order valence-corrected chi connectivity index (χ2v) is 8.51. The molecule has 0 radical (unpaired) electrons. The van der Waals surface area contributed by atoms with Gasteiger partial charge in [0.1, 0.15) is 5.69 Å². The summed E-state index contributed by atoms with van der Waals surface area (Å²) in [5.74, 6) is -0.810. The molecule has 0 saturated carbocycles. The van der Waals surface area contributed by atoms with Crippen molar-refractivity contribution in [1.82, 2.24) is 29.9 Å². The summed E-state index contributed by atoms with van der Waals surface area (Å²) < 4.78 is 53.3. The van der Waals surface area contributed by atoms with Crippen LogP contribution in [0.25, 0.3) is 5.69 Å². The van der Waals surface area contributed by atoms with Gasteiger partial charge in [0.25, 0.3) is 5.91 Å². The van der Waals surface area contributed by atoms with Gasteiger partial charge in [-0.25, -0.2) is 9.37 Å². The smallest absolute Gasteiger partial charge is 0.332 e.